The molecule has 0 aromatic heterocycles. The lowest BCUT2D eigenvalue weighted by Gasteiger charge is -2.10. The predicted octanol–water partition coefficient (Wildman–Crippen LogP) is 0.154. The standard InChI is InChI=1S/C6H12O3/c1-3-4-9-6(5-7)8-2/h3,6-7H,1,4-5H2,2H3. The Kier molecular flexibility index (Phi) is 5.51. The predicted molar refractivity (Wildman–Crippen MR) is 34.0 cm³/mol. The maximum Gasteiger partial charge on any atom is 0.180 e. The summed E-state index contributed by atoms with van der Waals surface area (Å²) in [6.07, 6.45) is 1.09. The van der Waals surface area contributed by atoms with Crippen LogP contribution in [0, 0.1) is 0 Å². The fourth-order valence-electron chi connectivity index (χ4n) is 0.371. The van der Waals surface area contributed by atoms with E-state index in [2.05, 4.69) is 11.3 Å². The van der Waals surface area contributed by atoms with Gasteiger partial charge in [0.05, 0.1) is 13.2 Å². The minimum atomic E-state index is -0.511. The van der Waals surface area contributed by atoms with Gasteiger partial charge in [-0.15, -0.1) is 6.58 Å². The van der Waals surface area contributed by atoms with Crippen LogP contribution >= 0.6 is 0 Å². The molecule has 1 unspecified atom stereocenters. The van der Waals surface area contributed by atoms with Crippen molar-refractivity contribution in [3.63, 3.8) is 0 Å². The number of aliphatic hydroxyl groups excluding tert-OH is 1. The number of methoxy groups -OCH3 is 1. The molecule has 0 amide bonds. The van der Waals surface area contributed by atoms with Crippen molar-refractivity contribution in [2.24, 2.45) is 0 Å². The van der Waals surface area contributed by atoms with E-state index in [9.17, 15) is 0 Å². The first-order chi connectivity index (χ1) is 4.35. The van der Waals surface area contributed by atoms with E-state index < -0.39 is 6.29 Å². The maximum atomic E-state index is 8.47. The SMILES string of the molecule is C=CCOC(CO)OC. The number of hydrogen-bond acceptors (Lipinski definition) is 3. The Morgan fingerprint density at radius 1 is 1.78 bits per heavy atom. The van der Waals surface area contributed by atoms with E-state index >= 15 is 0 Å². The quantitative estimate of drug-likeness (QED) is 0.427. The molecule has 1 N–H and O–H groups in total. The van der Waals surface area contributed by atoms with Crippen molar-refractivity contribution >= 4 is 0 Å². The molecular weight excluding hydrogens is 120 g/mol. The Labute approximate surface area is 54.9 Å². The lowest BCUT2D eigenvalue weighted by atomic mass is 10.6. The normalized spacial score (nSPS) is 13.1. The molecule has 0 radical (unpaired) electrons. The van der Waals surface area contributed by atoms with E-state index in [0.29, 0.717) is 6.61 Å². The van der Waals surface area contributed by atoms with Crippen molar-refractivity contribution < 1.29 is 14.6 Å². The smallest absolute Gasteiger partial charge is 0.180 e. The molecule has 0 aliphatic heterocycles. The summed E-state index contributed by atoms with van der Waals surface area (Å²) in [6.45, 7) is 3.72. The van der Waals surface area contributed by atoms with Crippen LogP contribution in [-0.2, 0) is 9.47 Å². The molecule has 0 saturated heterocycles. The zero-order chi connectivity index (χ0) is 7.11. The molecule has 0 spiro atoms. The Balaban J connectivity index is 3.19. The second kappa shape index (κ2) is 5.75. The lowest BCUT2D eigenvalue weighted by molar-refractivity contribution is -0.138. The fraction of sp³-hybridized carbons (Fsp3) is 0.667. The van der Waals surface area contributed by atoms with Gasteiger partial charge in [0.15, 0.2) is 6.29 Å². The highest BCUT2D eigenvalue weighted by molar-refractivity contribution is 4.64. The van der Waals surface area contributed by atoms with Crippen LogP contribution in [0.25, 0.3) is 0 Å². The molecule has 0 aliphatic carbocycles. The van der Waals surface area contributed by atoms with Gasteiger partial charge in [0.25, 0.3) is 0 Å². The van der Waals surface area contributed by atoms with Gasteiger partial charge < -0.3 is 14.6 Å². The molecule has 0 fully saturated rings. The maximum absolute atomic E-state index is 8.47. The number of aliphatic hydroxyl groups is 1. The average Bonchev–Trinajstić information content (AvgIpc) is 1.91. The molecule has 0 aliphatic rings. The van der Waals surface area contributed by atoms with Crippen molar-refractivity contribution in [1.29, 1.82) is 0 Å². The number of ether oxygens (including phenoxy) is 2. The van der Waals surface area contributed by atoms with Gasteiger partial charge in [-0.05, 0) is 0 Å². The zero-order valence-corrected chi connectivity index (χ0v) is 5.54. The van der Waals surface area contributed by atoms with Gasteiger partial charge in [-0.1, -0.05) is 6.08 Å². The summed E-state index contributed by atoms with van der Waals surface area (Å²) in [7, 11) is 1.48. The first-order valence-electron chi connectivity index (χ1n) is 2.71. The summed E-state index contributed by atoms with van der Waals surface area (Å²) >= 11 is 0. The zero-order valence-electron chi connectivity index (χ0n) is 5.54. The van der Waals surface area contributed by atoms with Crippen molar-refractivity contribution in [3.05, 3.63) is 12.7 Å². The third-order valence-electron chi connectivity index (χ3n) is 0.812. The molecule has 54 valence electrons. The first kappa shape index (κ1) is 8.62. The molecular formula is C6H12O3. The minimum absolute atomic E-state index is 0.121. The van der Waals surface area contributed by atoms with E-state index in [-0.39, 0.29) is 6.61 Å². The van der Waals surface area contributed by atoms with Crippen molar-refractivity contribution in [2.45, 2.75) is 6.29 Å². The highest BCUT2D eigenvalue weighted by Gasteiger charge is 2.01. The molecule has 1 atom stereocenters. The number of rotatable bonds is 5. The highest BCUT2D eigenvalue weighted by Crippen LogP contribution is 1.89. The van der Waals surface area contributed by atoms with E-state index in [0.717, 1.165) is 0 Å². The minimum Gasteiger partial charge on any atom is -0.391 e. The van der Waals surface area contributed by atoms with Gasteiger partial charge in [-0.2, -0.15) is 0 Å². The topological polar surface area (TPSA) is 38.7 Å². The third-order valence-corrected chi connectivity index (χ3v) is 0.812. The van der Waals surface area contributed by atoms with Crippen LogP contribution in [0.2, 0.25) is 0 Å². The molecule has 0 rings (SSSR count). The summed E-state index contributed by atoms with van der Waals surface area (Å²) in [5.41, 5.74) is 0. The van der Waals surface area contributed by atoms with Crippen LogP contribution in [0.3, 0.4) is 0 Å². The van der Waals surface area contributed by atoms with Crippen molar-refractivity contribution in [2.75, 3.05) is 20.3 Å². The summed E-state index contributed by atoms with van der Waals surface area (Å²) in [5, 5.41) is 8.47. The van der Waals surface area contributed by atoms with E-state index in [1.807, 2.05) is 0 Å². The molecule has 0 saturated carbocycles. The van der Waals surface area contributed by atoms with E-state index in [1.165, 1.54) is 7.11 Å². The van der Waals surface area contributed by atoms with Crippen LogP contribution in [0.1, 0.15) is 0 Å². The molecule has 3 nitrogen and oxygen atoms in total. The molecule has 0 heterocycles. The van der Waals surface area contributed by atoms with Crippen LogP contribution in [0.5, 0.6) is 0 Å². The number of hydrogen-bond donors (Lipinski definition) is 1. The van der Waals surface area contributed by atoms with Gasteiger partial charge in [0.1, 0.15) is 0 Å². The molecule has 3 heteroatoms. The average molecular weight is 132 g/mol. The summed E-state index contributed by atoms with van der Waals surface area (Å²) < 4.78 is 9.58. The van der Waals surface area contributed by atoms with Crippen molar-refractivity contribution in [1.82, 2.24) is 0 Å². The van der Waals surface area contributed by atoms with Crippen LogP contribution < -0.4 is 0 Å². The fourth-order valence-corrected chi connectivity index (χ4v) is 0.371. The van der Waals surface area contributed by atoms with Gasteiger partial charge in [-0.3, -0.25) is 0 Å². The molecule has 9 heavy (non-hydrogen) atoms. The third kappa shape index (κ3) is 4.14. The Hall–Kier alpha value is -0.380. The monoisotopic (exact) mass is 132 g/mol. The largest absolute Gasteiger partial charge is 0.391 e. The first-order valence-corrected chi connectivity index (χ1v) is 2.71. The summed E-state index contributed by atoms with van der Waals surface area (Å²) in [4.78, 5) is 0. The summed E-state index contributed by atoms with van der Waals surface area (Å²) in [5.74, 6) is 0. The Morgan fingerprint density at radius 2 is 2.44 bits per heavy atom. The highest BCUT2D eigenvalue weighted by atomic mass is 16.7. The Bertz CT molecular complexity index is 68.7. The molecule has 0 aromatic carbocycles. The van der Waals surface area contributed by atoms with Crippen LogP contribution in [0.4, 0.5) is 0 Å². The lowest BCUT2D eigenvalue weighted by Crippen LogP contribution is -2.19. The van der Waals surface area contributed by atoms with E-state index in [4.69, 9.17) is 9.84 Å². The van der Waals surface area contributed by atoms with Crippen molar-refractivity contribution in [3.8, 4) is 0 Å². The Morgan fingerprint density at radius 3 is 2.78 bits per heavy atom. The van der Waals surface area contributed by atoms with Crippen LogP contribution in [0.15, 0.2) is 12.7 Å². The van der Waals surface area contributed by atoms with Gasteiger partial charge >= 0.3 is 0 Å². The molecule has 0 aromatic rings. The second-order valence-corrected chi connectivity index (χ2v) is 1.47. The summed E-state index contributed by atoms with van der Waals surface area (Å²) in [6, 6.07) is 0. The van der Waals surface area contributed by atoms with Gasteiger partial charge in [-0.25, -0.2) is 0 Å². The van der Waals surface area contributed by atoms with Gasteiger partial charge in [0, 0.05) is 7.11 Å². The van der Waals surface area contributed by atoms with Crippen LogP contribution in [-0.4, -0.2) is 31.7 Å². The molecule has 0 bridgehead atoms. The second-order valence-electron chi connectivity index (χ2n) is 1.47. The van der Waals surface area contributed by atoms with E-state index in [1.54, 1.807) is 6.08 Å². The van der Waals surface area contributed by atoms with Gasteiger partial charge in [0.2, 0.25) is 0 Å².